The molecule has 2 aromatic carbocycles. The third-order valence-electron chi connectivity index (χ3n) is 3.87. The Morgan fingerprint density at radius 2 is 1.74 bits per heavy atom. The minimum absolute atomic E-state index is 0.0535. The number of carbonyl (C=O) groups excluding carboxylic acids is 1. The van der Waals surface area contributed by atoms with E-state index in [0.29, 0.717) is 24.0 Å². The maximum Gasteiger partial charge on any atom is 0.226 e. The van der Waals surface area contributed by atoms with Crippen LogP contribution in [0.2, 0.25) is 0 Å². The Balaban J connectivity index is 1.49. The van der Waals surface area contributed by atoms with Gasteiger partial charge in [-0.1, -0.05) is 26.0 Å². The summed E-state index contributed by atoms with van der Waals surface area (Å²) in [5.41, 5.74) is 1.78. The molecule has 1 aromatic heterocycles. The Kier molecular flexibility index (Phi) is 6.19. The van der Waals surface area contributed by atoms with Crippen LogP contribution in [0.3, 0.4) is 0 Å². The van der Waals surface area contributed by atoms with Crippen molar-refractivity contribution in [3.63, 3.8) is 0 Å². The molecule has 0 unspecified atom stereocenters. The van der Waals surface area contributed by atoms with E-state index in [9.17, 15) is 9.18 Å². The largest absolute Gasteiger partial charge is 0.457 e. The van der Waals surface area contributed by atoms with Crippen LogP contribution in [0.5, 0.6) is 11.5 Å². The first-order valence-electron chi connectivity index (χ1n) is 8.73. The maximum absolute atomic E-state index is 12.9. The van der Waals surface area contributed by atoms with Crippen LogP contribution in [0, 0.1) is 5.82 Å². The van der Waals surface area contributed by atoms with Crippen molar-refractivity contribution >= 4 is 17.2 Å². The number of thiazole rings is 1. The molecule has 0 bridgehead atoms. The van der Waals surface area contributed by atoms with E-state index < -0.39 is 0 Å². The number of halogens is 1. The SMILES string of the molecule is CC(C)c1nc(CC(=O)NCc2ccc(Oc3ccc(F)cc3)cc2)cs1. The van der Waals surface area contributed by atoms with Gasteiger partial charge in [-0.15, -0.1) is 11.3 Å². The average Bonchev–Trinajstić information content (AvgIpc) is 3.12. The second-order valence-electron chi connectivity index (χ2n) is 6.49. The average molecular weight is 384 g/mol. The summed E-state index contributed by atoms with van der Waals surface area (Å²) in [6.07, 6.45) is 0.287. The number of hydrogen-bond donors (Lipinski definition) is 1. The fraction of sp³-hybridized carbons (Fsp3) is 0.238. The van der Waals surface area contributed by atoms with Crippen molar-refractivity contribution in [3.05, 3.63) is 76.0 Å². The molecule has 0 aliphatic carbocycles. The van der Waals surface area contributed by atoms with Crippen molar-refractivity contribution in [3.8, 4) is 11.5 Å². The number of ether oxygens (including phenoxy) is 1. The van der Waals surface area contributed by atoms with Crippen molar-refractivity contribution in [2.75, 3.05) is 0 Å². The lowest BCUT2D eigenvalue weighted by Crippen LogP contribution is -2.24. The summed E-state index contributed by atoms with van der Waals surface area (Å²) in [5, 5.41) is 5.90. The number of nitrogens with one attached hydrogen (secondary N) is 1. The van der Waals surface area contributed by atoms with Crippen molar-refractivity contribution in [1.82, 2.24) is 10.3 Å². The molecule has 0 aliphatic heterocycles. The van der Waals surface area contributed by atoms with Gasteiger partial charge in [-0.2, -0.15) is 0 Å². The first kappa shape index (κ1) is 19.0. The minimum Gasteiger partial charge on any atom is -0.457 e. The van der Waals surface area contributed by atoms with Crippen molar-refractivity contribution in [2.24, 2.45) is 0 Å². The van der Waals surface area contributed by atoms with Crippen LogP contribution in [-0.4, -0.2) is 10.9 Å². The molecule has 0 spiro atoms. The highest BCUT2D eigenvalue weighted by atomic mass is 32.1. The first-order chi connectivity index (χ1) is 13.0. The molecule has 3 aromatic rings. The number of amides is 1. The summed E-state index contributed by atoms with van der Waals surface area (Å²) in [7, 11) is 0. The highest BCUT2D eigenvalue weighted by molar-refractivity contribution is 7.09. The Hall–Kier alpha value is -2.73. The predicted octanol–water partition coefficient (Wildman–Crippen LogP) is 5.06. The number of rotatable bonds is 7. The zero-order valence-electron chi connectivity index (χ0n) is 15.2. The van der Waals surface area contributed by atoms with E-state index >= 15 is 0 Å². The van der Waals surface area contributed by atoms with Gasteiger partial charge in [-0.25, -0.2) is 9.37 Å². The Bertz CT molecular complexity index is 889. The second-order valence-corrected chi connectivity index (χ2v) is 7.37. The Morgan fingerprint density at radius 1 is 1.11 bits per heavy atom. The van der Waals surface area contributed by atoms with Crippen LogP contribution < -0.4 is 10.1 Å². The van der Waals surface area contributed by atoms with Gasteiger partial charge >= 0.3 is 0 Å². The highest BCUT2D eigenvalue weighted by Gasteiger charge is 2.09. The number of benzene rings is 2. The van der Waals surface area contributed by atoms with Crippen molar-refractivity contribution in [1.29, 1.82) is 0 Å². The summed E-state index contributed by atoms with van der Waals surface area (Å²) < 4.78 is 18.6. The summed E-state index contributed by atoms with van der Waals surface area (Å²) in [4.78, 5) is 16.6. The lowest BCUT2D eigenvalue weighted by Gasteiger charge is -2.08. The molecule has 140 valence electrons. The Labute approximate surface area is 162 Å². The number of aromatic nitrogens is 1. The quantitative estimate of drug-likeness (QED) is 0.620. The van der Waals surface area contributed by atoms with Gasteiger partial charge in [0.25, 0.3) is 0 Å². The highest BCUT2D eigenvalue weighted by Crippen LogP contribution is 2.22. The van der Waals surface area contributed by atoms with E-state index in [0.717, 1.165) is 16.3 Å². The summed E-state index contributed by atoms with van der Waals surface area (Å²) >= 11 is 1.59. The van der Waals surface area contributed by atoms with Gasteiger partial charge in [0.2, 0.25) is 5.91 Å². The van der Waals surface area contributed by atoms with Gasteiger partial charge < -0.3 is 10.1 Å². The van der Waals surface area contributed by atoms with Crippen LogP contribution in [0.25, 0.3) is 0 Å². The van der Waals surface area contributed by atoms with Gasteiger partial charge in [-0.05, 0) is 42.0 Å². The lowest BCUT2D eigenvalue weighted by molar-refractivity contribution is -0.120. The lowest BCUT2D eigenvalue weighted by atomic mass is 10.2. The molecule has 3 rings (SSSR count). The van der Waals surface area contributed by atoms with E-state index in [4.69, 9.17) is 4.74 Å². The molecule has 4 nitrogen and oxygen atoms in total. The second kappa shape index (κ2) is 8.77. The third kappa shape index (κ3) is 5.62. The molecule has 1 N–H and O–H groups in total. The van der Waals surface area contributed by atoms with Crippen LogP contribution in [0.15, 0.2) is 53.9 Å². The van der Waals surface area contributed by atoms with E-state index in [1.54, 1.807) is 23.5 Å². The topological polar surface area (TPSA) is 51.2 Å². The maximum atomic E-state index is 12.9. The first-order valence-corrected chi connectivity index (χ1v) is 9.61. The molecule has 0 aliphatic rings. The monoisotopic (exact) mass is 384 g/mol. The minimum atomic E-state index is -0.300. The summed E-state index contributed by atoms with van der Waals surface area (Å²) in [6.45, 7) is 4.62. The number of hydrogen-bond acceptors (Lipinski definition) is 4. The van der Waals surface area contributed by atoms with Crippen LogP contribution in [0.1, 0.15) is 36.0 Å². The zero-order chi connectivity index (χ0) is 19.2. The van der Waals surface area contributed by atoms with Gasteiger partial charge in [-0.3, -0.25) is 4.79 Å². The molecule has 1 heterocycles. The zero-order valence-corrected chi connectivity index (χ0v) is 16.1. The standard InChI is InChI=1S/C21H21FN2O2S/c1-14(2)21-24-17(13-27-21)11-20(25)23-12-15-3-7-18(8-4-15)26-19-9-5-16(22)6-10-19/h3-10,13-14H,11-12H2,1-2H3,(H,23,25). The van der Waals surface area contributed by atoms with Gasteiger partial charge in [0.05, 0.1) is 17.1 Å². The summed E-state index contributed by atoms with van der Waals surface area (Å²) in [5.74, 6) is 1.25. The van der Waals surface area contributed by atoms with Gasteiger partial charge in [0, 0.05) is 17.8 Å². The molecule has 6 heteroatoms. The van der Waals surface area contributed by atoms with Crippen LogP contribution >= 0.6 is 11.3 Å². The number of carbonyl (C=O) groups is 1. The molecular weight excluding hydrogens is 363 g/mol. The third-order valence-corrected chi connectivity index (χ3v) is 5.06. The molecule has 1 amide bonds. The molecular formula is C21H21FN2O2S. The number of nitrogens with zero attached hydrogens (tertiary/aromatic N) is 1. The summed E-state index contributed by atoms with van der Waals surface area (Å²) in [6, 6.07) is 13.3. The van der Waals surface area contributed by atoms with E-state index in [-0.39, 0.29) is 18.1 Å². The van der Waals surface area contributed by atoms with Crippen molar-refractivity contribution in [2.45, 2.75) is 32.7 Å². The van der Waals surface area contributed by atoms with Gasteiger partial charge in [0.15, 0.2) is 0 Å². The fourth-order valence-corrected chi connectivity index (χ4v) is 3.25. The van der Waals surface area contributed by atoms with Gasteiger partial charge in [0.1, 0.15) is 17.3 Å². The smallest absolute Gasteiger partial charge is 0.226 e. The van der Waals surface area contributed by atoms with E-state index in [1.807, 2.05) is 29.6 Å². The molecule has 0 saturated heterocycles. The van der Waals surface area contributed by atoms with Crippen LogP contribution in [-0.2, 0) is 17.8 Å². The molecule has 0 radical (unpaired) electrons. The molecule has 0 fully saturated rings. The molecule has 0 saturated carbocycles. The molecule has 27 heavy (non-hydrogen) atoms. The van der Waals surface area contributed by atoms with Crippen LogP contribution in [0.4, 0.5) is 4.39 Å². The Morgan fingerprint density at radius 3 is 2.33 bits per heavy atom. The van der Waals surface area contributed by atoms with E-state index in [2.05, 4.69) is 24.1 Å². The normalized spacial score (nSPS) is 10.8. The fourth-order valence-electron chi connectivity index (χ4n) is 2.41. The predicted molar refractivity (Wildman–Crippen MR) is 105 cm³/mol. The van der Waals surface area contributed by atoms with Crippen molar-refractivity contribution < 1.29 is 13.9 Å². The van der Waals surface area contributed by atoms with E-state index in [1.165, 1.54) is 12.1 Å². The molecule has 0 atom stereocenters.